The first kappa shape index (κ1) is 60.5. The van der Waals surface area contributed by atoms with Gasteiger partial charge >= 0.3 is 5.82 Å². The van der Waals surface area contributed by atoms with Gasteiger partial charge in [0.25, 0.3) is 5.70 Å². The van der Waals surface area contributed by atoms with Gasteiger partial charge in [-0.25, -0.2) is 15.0 Å². The lowest BCUT2D eigenvalue weighted by Crippen LogP contribution is -2.39. The molecular weight excluding hydrogens is 927 g/mol. The van der Waals surface area contributed by atoms with E-state index >= 15 is 0 Å². The first-order chi connectivity index (χ1) is 35.0. The molecular formula is C55H69N11O7. The van der Waals surface area contributed by atoms with Gasteiger partial charge in [-0.15, -0.1) is 0 Å². The van der Waals surface area contributed by atoms with Gasteiger partial charge in [-0.05, 0) is 79.6 Å². The molecule has 1 unspecified atom stereocenters. The highest BCUT2D eigenvalue weighted by Gasteiger charge is 2.37. The SMILES string of the molecule is [C-]#[N+]C([N+]#[C-])=C1CC(C)(C)CC(NCCOCCOCC(CCO)(COCCOCCCC2=C(C#N)/C(=C(\C#N)[N+]#[C-])CC(C)(C)C2)COCCOCCNC2=C(C#N)C(=C(C#N)C#N)CC(C)(C)C2)=C1[N+]#[C-]. The van der Waals surface area contributed by atoms with E-state index in [1.165, 1.54) is 0 Å². The third kappa shape index (κ3) is 18.9. The molecule has 386 valence electrons. The van der Waals surface area contributed by atoms with Crippen LogP contribution in [0.15, 0.2) is 67.6 Å². The number of nitrogens with one attached hydrogen (secondary N) is 2. The van der Waals surface area contributed by atoms with Crippen LogP contribution in [0.1, 0.15) is 99.3 Å². The second-order valence-corrected chi connectivity index (χ2v) is 20.6. The van der Waals surface area contributed by atoms with Gasteiger partial charge in [-0.3, -0.25) is 0 Å². The minimum absolute atomic E-state index is 0.0333. The molecule has 0 bridgehead atoms. The maximum atomic E-state index is 10.2. The lowest BCUT2D eigenvalue weighted by molar-refractivity contribution is -0.0950. The fourth-order valence-electron chi connectivity index (χ4n) is 9.30. The molecule has 18 nitrogen and oxygen atoms in total. The van der Waals surface area contributed by atoms with Gasteiger partial charge < -0.3 is 44.2 Å². The number of nitriles is 5. The smallest absolute Gasteiger partial charge is 0.396 e. The number of aliphatic hydroxyl groups excluding tert-OH is 1. The van der Waals surface area contributed by atoms with E-state index in [1.54, 1.807) is 0 Å². The molecule has 73 heavy (non-hydrogen) atoms. The summed E-state index contributed by atoms with van der Waals surface area (Å²) in [6, 6.07) is 10.2. The van der Waals surface area contributed by atoms with Crippen LogP contribution < -0.4 is 10.6 Å². The number of hydrogen-bond acceptors (Lipinski definition) is 14. The van der Waals surface area contributed by atoms with Gasteiger partial charge in [-0.1, -0.05) is 47.1 Å². The van der Waals surface area contributed by atoms with E-state index in [2.05, 4.69) is 56.0 Å². The molecule has 0 saturated carbocycles. The van der Waals surface area contributed by atoms with Crippen molar-refractivity contribution < 1.29 is 33.5 Å². The van der Waals surface area contributed by atoms with E-state index in [4.69, 9.17) is 54.7 Å². The van der Waals surface area contributed by atoms with Crippen molar-refractivity contribution in [2.75, 3.05) is 99.0 Å². The van der Waals surface area contributed by atoms with E-state index in [0.717, 1.165) is 5.57 Å². The average Bonchev–Trinajstić information content (AvgIpc) is 3.34. The molecule has 0 spiro atoms. The zero-order valence-electron chi connectivity index (χ0n) is 43.4. The third-order valence-corrected chi connectivity index (χ3v) is 12.6. The minimum atomic E-state index is -0.743. The number of ether oxygens (including phenoxy) is 6. The zero-order chi connectivity index (χ0) is 53.9. The van der Waals surface area contributed by atoms with Crippen LogP contribution in [0.2, 0.25) is 0 Å². The lowest BCUT2D eigenvalue weighted by Gasteiger charge is -2.33. The number of allylic oxidation sites excluding steroid dienone is 10. The summed E-state index contributed by atoms with van der Waals surface area (Å²) >= 11 is 0. The van der Waals surface area contributed by atoms with Crippen molar-refractivity contribution in [1.29, 1.82) is 26.3 Å². The molecule has 0 aromatic heterocycles. The Balaban J connectivity index is 1.57. The normalized spacial score (nSPS) is 18.2. The van der Waals surface area contributed by atoms with Crippen LogP contribution in [0.5, 0.6) is 0 Å². The van der Waals surface area contributed by atoms with Gasteiger partial charge in [0.15, 0.2) is 0 Å². The van der Waals surface area contributed by atoms with E-state index < -0.39 is 5.41 Å². The van der Waals surface area contributed by atoms with Crippen LogP contribution in [0, 0.1) is 105 Å². The Labute approximate surface area is 432 Å². The fraction of sp³-hybridized carbons (Fsp3) is 0.618. The number of rotatable bonds is 29. The molecule has 0 radical (unpaired) electrons. The van der Waals surface area contributed by atoms with Crippen molar-refractivity contribution in [3.8, 4) is 30.3 Å². The van der Waals surface area contributed by atoms with E-state index in [9.17, 15) is 31.4 Å². The van der Waals surface area contributed by atoms with Crippen molar-refractivity contribution in [3.63, 3.8) is 0 Å². The Morgan fingerprint density at radius 2 is 1.05 bits per heavy atom. The summed E-state index contributed by atoms with van der Waals surface area (Å²) in [5, 5.41) is 65.3. The standard InChI is InChI=1S/C55H69N11O7/c1-52(2)26-40(45(34-58)43(28-52)49(36-60)61-7)12-11-17-68-20-23-71-37-55(13-16-67,38-72-24-21-69-18-14-65-47-30-53(3,4)27-42(46(47)35-59)41(32-56)33-57)39-73-25-22-70-19-15-66-48-31-54(5,6)29-44(50(48)62-8)51(63-9)64-10/h65-67H,11-31,37-39H2,1-6H3/b49-43+. The van der Waals surface area contributed by atoms with Crippen LogP contribution >= 0.6 is 0 Å². The molecule has 0 amide bonds. The molecule has 0 fully saturated rings. The third-order valence-electron chi connectivity index (χ3n) is 12.6. The number of hydrogen-bond donors (Lipinski definition) is 3. The highest BCUT2D eigenvalue weighted by molar-refractivity contribution is 5.58. The van der Waals surface area contributed by atoms with Gasteiger partial charge in [0.1, 0.15) is 36.9 Å². The van der Waals surface area contributed by atoms with Gasteiger partial charge in [0, 0.05) is 54.3 Å². The highest BCUT2D eigenvalue weighted by Crippen LogP contribution is 2.46. The second-order valence-electron chi connectivity index (χ2n) is 20.6. The summed E-state index contributed by atoms with van der Waals surface area (Å²) in [5.41, 5.74) is 3.32. The Bertz CT molecular complexity index is 2230. The molecule has 0 aliphatic heterocycles. The first-order valence-electron chi connectivity index (χ1n) is 24.4. The maximum Gasteiger partial charge on any atom is 0.512 e. The van der Waals surface area contributed by atoms with Crippen molar-refractivity contribution in [3.05, 3.63) is 113 Å². The Morgan fingerprint density at radius 3 is 1.53 bits per heavy atom. The average molecular weight is 996 g/mol. The second kappa shape index (κ2) is 30.3. The molecule has 1 atom stereocenters. The fourth-order valence-corrected chi connectivity index (χ4v) is 9.30. The molecule has 0 saturated heterocycles. The van der Waals surface area contributed by atoms with Crippen LogP contribution in [0.4, 0.5) is 0 Å². The first-order valence-corrected chi connectivity index (χ1v) is 24.4. The van der Waals surface area contributed by atoms with Crippen LogP contribution in [-0.2, 0) is 28.4 Å². The van der Waals surface area contributed by atoms with E-state index in [1.807, 2.05) is 45.9 Å². The van der Waals surface area contributed by atoms with E-state index in [-0.39, 0.29) is 92.8 Å². The van der Waals surface area contributed by atoms with Crippen molar-refractivity contribution in [2.24, 2.45) is 21.7 Å². The summed E-state index contributed by atoms with van der Waals surface area (Å²) in [5.74, 6) is -0.0775. The largest absolute Gasteiger partial charge is 0.512 e. The Morgan fingerprint density at radius 1 is 0.575 bits per heavy atom. The lowest BCUT2D eigenvalue weighted by atomic mass is 9.70. The zero-order valence-corrected chi connectivity index (χ0v) is 43.4. The molecule has 3 N–H and O–H groups in total. The van der Waals surface area contributed by atoms with Crippen molar-refractivity contribution >= 4 is 0 Å². The molecule has 3 rings (SSSR count). The molecule has 18 heteroatoms. The summed E-state index contributed by atoms with van der Waals surface area (Å²) in [6.45, 7) is 46.1. The monoisotopic (exact) mass is 996 g/mol. The van der Waals surface area contributed by atoms with Gasteiger partial charge in [-0.2, -0.15) is 30.7 Å². The molecule has 0 heterocycles. The van der Waals surface area contributed by atoms with Crippen molar-refractivity contribution in [2.45, 2.75) is 99.3 Å². The summed E-state index contributed by atoms with van der Waals surface area (Å²) in [7, 11) is 0. The number of nitrogens with zero attached hydrogens (tertiary/aromatic N) is 9. The van der Waals surface area contributed by atoms with Crippen LogP contribution in [0.3, 0.4) is 0 Å². The highest BCUT2D eigenvalue weighted by atomic mass is 16.5. The summed E-state index contributed by atoms with van der Waals surface area (Å²) in [4.78, 5) is 13.8. The Kier molecular flexibility index (Phi) is 25.1. The van der Waals surface area contributed by atoms with E-state index in [0.29, 0.717) is 142 Å². The van der Waals surface area contributed by atoms with Gasteiger partial charge in [0.2, 0.25) is 5.70 Å². The summed E-state index contributed by atoms with van der Waals surface area (Å²) < 4.78 is 36.0. The minimum Gasteiger partial charge on any atom is -0.396 e. The van der Waals surface area contributed by atoms with Crippen LogP contribution in [0.25, 0.3) is 19.4 Å². The Hall–Kier alpha value is -6.83. The van der Waals surface area contributed by atoms with Crippen molar-refractivity contribution in [1.82, 2.24) is 10.6 Å². The molecule has 0 aromatic rings. The maximum absolute atomic E-state index is 10.2. The van der Waals surface area contributed by atoms with Gasteiger partial charge in [0.05, 0.1) is 109 Å². The molecule has 3 aliphatic rings. The summed E-state index contributed by atoms with van der Waals surface area (Å²) in [6.07, 6.45) is 4.83. The molecule has 0 aromatic carbocycles. The molecule has 3 aliphatic carbocycles. The van der Waals surface area contributed by atoms with Crippen LogP contribution in [-0.4, -0.2) is 104 Å². The predicted molar refractivity (Wildman–Crippen MR) is 270 cm³/mol. The quantitative estimate of drug-likeness (QED) is 0.0361. The topological polar surface area (TPSA) is 236 Å². The number of aliphatic hydroxyl groups is 1. The predicted octanol–water partition coefficient (Wildman–Crippen LogP) is 8.69.